The number of thiophene rings is 1. The number of phenols is 1. The summed E-state index contributed by atoms with van der Waals surface area (Å²) in [6.45, 7) is 3.66. The smallest absolute Gasteiger partial charge is 0.156 e. The van der Waals surface area contributed by atoms with Crippen molar-refractivity contribution < 1.29 is 10.2 Å². The monoisotopic (exact) mass is 390 g/mol. The number of aromatic nitrogens is 2. The van der Waals surface area contributed by atoms with Crippen molar-refractivity contribution in [3.05, 3.63) is 47.3 Å². The highest BCUT2D eigenvalue weighted by Gasteiger charge is 2.18. The molecule has 2 heterocycles. The maximum Gasteiger partial charge on any atom is 0.156 e. The van der Waals surface area contributed by atoms with Crippen LogP contribution in [0.15, 0.2) is 41.8 Å². The van der Waals surface area contributed by atoms with E-state index >= 15 is 0 Å². The number of nitrogens with one attached hydrogen (secondary N) is 1. The Hall–Kier alpha value is -3.21. The second-order valence-corrected chi connectivity index (χ2v) is 8.18. The van der Waals surface area contributed by atoms with Crippen molar-refractivity contribution >= 4 is 38.0 Å². The fourth-order valence-electron chi connectivity index (χ4n) is 3.07. The predicted octanol–water partition coefficient (Wildman–Crippen LogP) is 4.27. The highest BCUT2D eigenvalue weighted by atomic mass is 32.1. The van der Waals surface area contributed by atoms with Gasteiger partial charge < -0.3 is 15.5 Å². The zero-order valence-electron chi connectivity index (χ0n) is 15.4. The molecule has 0 radical (unpaired) electrons. The zero-order valence-corrected chi connectivity index (χ0v) is 16.2. The van der Waals surface area contributed by atoms with Crippen molar-refractivity contribution in [3.63, 3.8) is 0 Å². The molecule has 0 saturated carbocycles. The molecule has 0 saturated heterocycles. The van der Waals surface area contributed by atoms with Gasteiger partial charge in [0.05, 0.1) is 17.2 Å². The number of nitriles is 1. The highest BCUT2D eigenvalue weighted by molar-refractivity contribution is 7.17. The van der Waals surface area contributed by atoms with E-state index < -0.39 is 5.60 Å². The Labute approximate surface area is 165 Å². The van der Waals surface area contributed by atoms with Gasteiger partial charge in [-0.3, -0.25) is 0 Å². The van der Waals surface area contributed by atoms with Gasteiger partial charge in [-0.05, 0) is 49.6 Å². The van der Waals surface area contributed by atoms with E-state index in [9.17, 15) is 15.5 Å². The summed E-state index contributed by atoms with van der Waals surface area (Å²) in [5, 5.41) is 46.0. The van der Waals surface area contributed by atoms with E-state index in [4.69, 9.17) is 0 Å². The molecule has 28 heavy (non-hydrogen) atoms. The average molecular weight is 390 g/mol. The van der Waals surface area contributed by atoms with Crippen LogP contribution in [0.2, 0.25) is 0 Å². The molecular weight excluding hydrogens is 372 g/mol. The van der Waals surface area contributed by atoms with Crippen LogP contribution in [0.25, 0.3) is 32.1 Å². The SMILES string of the molecule is CC(C)(O)CNc1nnc(-c2ccc3sccc3c2O)c2ccc(C#N)cc12. The van der Waals surface area contributed by atoms with Gasteiger partial charge in [0.1, 0.15) is 11.4 Å². The molecule has 3 N–H and O–H groups in total. The summed E-state index contributed by atoms with van der Waals surface area (Å²) in [6.07, 6.45) is 0. The molecule has 0 atom stereocenters. The molecule has 0 unspecified atom stereocenters. The standard InChI is InChI=1S/C21H18N4O2S/c1-21(2,27)11-23-20-16-9-12(10-22)3-4-13(16)18(24-25-20)15-5-6-17-14(19(15)26)7-8-28-17/h3-9,26-27H,11H2,1-2H3,(H,23,25). The van der Waals surface area contributed by atoms with E-state index in [1.807, 2.05) is 29.6 Å². The van der Waals surface area contributed by atoms with E-state index in [0.717, 1.165) is 15.5 Å². The minimum absolute atomic E-state index is 0.163. The van der Waals surface area contributed by atoms with Gasteiger partial charge in [-0.1, -0.05) is 6.07 Å². The summed E-state index contributed by atoms with van der Waals surface area (Å²) in [6, 6.07) is 13.1. The van der Waals surface area contributed by atoms with E-state index in [-0.39, 0.29) is 12.3 Å². The fourth-order valence-corrected chi connectivity index (χ4v) is 3.86. The maximum absolute atomic E-state index is 10.8. The van der Waals surface area contributed by atoms with Gasteiger partial charge in [0, 0.05) is 33.0 Å². The van der Waals surface area contributed by atoms with E-state index in [1.165, 1.54) is 0 Å². The van der Waals surface area contributed by atoms with Gasteiger partial charge in [0.15, 0.2) is 5.82 Å². The van der Waals surface area contributed by atoms with E-state index in [1.54, 1.807) is 37.3 Å². The van der Waals surface area contributed by atoms with Crippen molar-refractivity contribution in [2.24, 2.45) is 0 Å². The summed E-state index contributed by atoms with van der Waals surface area (Å²) < 4.78 is 0.994. The Balaban J connectivity index is 1.92. The molecule has 0 spiro atoms. The number of phenolic OH excluding ortho intramolecular Hbond substituents is 1. The summed E-state index contributed by atoms with van der Waals surface area (Å²) in [7, 11) is 0. The number of hydrogen-bond acceptors (Lipinski definition) is 7. The van der Waals surface area contributed by atoms with Gasteiger partial charge in [0.2, 0.25) is 0 Å². The molecule has 0 amide bonds. The minimum Gasteiger partial charge on any atom is -0.507 e. The minimum atomic E-state index is -0.929. The number of fused-ring (bicyclic) bond motifs is 2. The quantitative estimate of drug-likeness (QED) is 0.481. The maximum atomic E-state index is 10.8. The summed E-state index contributed by atoms with van der Waals surface area (Å²) in [4.78, 5) is 0. The Morgan fingerprint density at radius 2 is 1.93 bits per heavy atom. The van der Waals surface area contributed by atoms with Crippen LogP contribution in [0, 0.1) is 11.3 Å². The first-order valence-corrected chi connectivity index (χ1v) is 9.62. The summed E-state index contributed by atoms with van der Waals surface area (Å²) in [5.74, 6) is 0.644. The molecule has 0 bridgehead atoms. The number of aliphatic hydroxyl groups is 1. The Morgan fingerprint density at radius 1 is 1.11 bits per heavy atom. The van der Waals surface area contributed by atoms with Gasteiger partial charge in [-0.25, -0.2) is 0 Å². The van der Waals surface area contributed by atoms with Crippen LogP contribution in [0.1, 0.15) is 19.4 Å². The molecule has 2 aromatic carbocycles. The van der Waals surface area contributed by atoms with Crippen molar-refractivity contribution in [1.82, 2.24) is 10.2 Å². The van der Waals surface area contributed by atoms with Crippen LogP contribution in [0.3, 0.4) is 0 Å². The van der Waals surface area contributed by atoms with Gasteiger partial charge >= 0.3 is 0 Å². The molecule has 7 heteroatoms. The highest BCUT2D eigenvalue weighted by Crippen LogP contribution is 2.40. The normalized spacial score (nSPS) is 11.6. The molecule has 140 valence electrons. The number of benzene rings is 2. The molecular formula is C21H18N4O2S. The lowest BCUT2D eigenvalue weighted by atomic mass is 10.0. The van der Waals surface area contributed by atoms with Crippen LogP contribution >= 0.6 is 11.3 Å². The van der Waals surface area contributed by atoms with Crippen molar-refractivity contribution in [2.45, 2.75) is 19.4 Å². The van der Waals surface area contributed by atoms with Crippen molar-refractivity contribution in [2.75, 3.05) is 11.9 Å². The fraction of sp³-hybridized carbons (Fsp3) is 0.190. The first-order valence-electron chi connectivity index (χ1n) is 8.74. The molecule has 0 aliphatic heterocycles. The zero-order chi connectivity index (χ0) is 19.9. The summed E-state index contributed by atoms with van der Waals surface area (Å²) in [5.41, 5.74) is 0.693. The lowest BCUT2D eigenvalue weighted by Crippen LogP contribution is -2.29. The Bertz CT molecular complexity index is 1240. The molecule has 0 fully saturated rings. The number of anilines is 1. The van der Waals surface area contributed by atoms with Crippen LogP contribution in [-0.2, 0) is 0 Å². The second kappa shape index (κ2) is 6.75. The first kappa shape index (κ1) is 18.2. The number of nitrogens with zero attached hydrogens (tertiary/aromatic N) is 3. The third kappa shape index (κ3) is 3.24. The van der Waals surface area contributed by atoms with Gasteiger partial charge in [0.25, 0.3) is 0 Å². The Morgan fingerprint density at radius 3 is 2.68 bits per heavy atom. The lowest BCUT2D eigenvalue weighted by molar-refractivity contribution is 0.0944. The molecule has 0 aliphatic rings. The molecule has 6 nitrogen and oxygen atoms in total. The van der Waals surface area contributed by atoms with Crippen LogP contribution in [-0.4, -0.2) is 32.6 Å². The van der Waals surface area contributed by atoms with Crippen molar-refractivity contribution in [1.29, 1.82) is 5.26 Å². The first-order chi connectivity index (χ1) is 13.4. The Kier molecular flexibility index (Phi) is 4.38. The molecule has 2 aromatic heterocycles. The third-order valence-electron chi connectivity index (χ3n) is 4.46. The van der Waals surface area contributed by atoms with E-state index in [0.29, 0.717) is 28.0 Å². The van der Waals surface area contributed by atoms with Gasteiger partial charge in [-0.2, -0.15) is 5.26 Å². The van der Waals surface area contributed by atoms with Crippen LogP contribution < -0.4 is 5.32 Å². The largest absolute Gasteiger partial charge is 0.507 e. The van der Waals surface area contributed by atoms with Crippen molar-refractivity contribution in [3.8, 4) is 23.1 Å². The third-order valence-corrected chi connectivity index (χ3v) is 5.34. The molecule has 4 aromatic rings. The molecule has 4 rings (SSSR count). The second-order valence-electron chi connectivity index (χ2n) is 7.23. The number of aromatic hydroxyl groups is 1. The van der Waals surface area contributed by atoms with Gasteiger partial charge in [-0.15, -0.1) is 21.5 Å². The number of hydrogen-bond donors (Lipinski definition) is 3. The molecule has 0 aliphatic carbocycles. The van der Waals surface area contributed by atoms with E-state index in [2.05, 4.69) is 21.6 Å². The number of rotatable bonds is 4. The average Bonchev–Trinajstić information content (AvgIpc) is 3.15. The summed E-state index contributed by atoms with van der Waals surface area (Å²) >= 11 is 1.56. The topological polar surface area (TPSA) is 102 Å². The van der Waals surface area contributed by atoms with Crippen LogP contribution in [0.5, 0.6) is 5.75 Å². The lowest BCUT2D eigenvalue weighted by Gasteiger charge is -2.19. The van der Waals surface area contributed by atoms with Crippen LogP contribution in [0.4, 0.5) is 5.82 Å². The predicted molar refractivity (Wildman–Crippen MR) is 112 cm³/mol.